The molecule has 0 spiro atoms. The molecule has 3 N–H and O–H groups in total. The van der Waals surface area contributed by atoms with Gasteiger partial charge in [0.15, 0.2) is 0 Å². The van der Waals surface area contributed by atoms with Crippen LogP contribution >= 0.6 is 0 Å². The molecule has 0 radical (unpaired) electrons. The number of rotatable bonds is 5. The van der Waals surface area contributed by atoms with Crippen molar-refractivity contribution in [3.05, 3.63) is 12.7 Å². The van der Waals surface area contributed by atoms with Crippen molar-refractivity contribution >= 4 is 11.9 Å². The zero-order valence-corrected chi connectivity index (χ0v) is 9.99. The number of carbonyl (C=O) groups excluding carboxylic acids is 2. The first-order valence-corrected chi connectivity index (χ1v) is 5.06. The van der Waals surface area contributed by atoms with E-state index in [1.54, 1.807) is 20.8 Å². The summed E-state index contributed by atoms with van der Waals surface area (Å²) in [5.74, 6) is -3.62. The molecule has 0 saturated heterocycles. The lowest BCUT2D eigenvalue weighted by Gasteiger charge is -2.25. The molecule has 0 saturated carbocycles. The van der Waals surface area contributed by atoms with E-state index in [4.69, 9.17) is 4.74 Å². The number of hydrogen-bond donors (Lipinski definition) is 1. The smallest absolute Gasteiger partial charge is 0.321 e. The summed E-state index contributed by atoms with van der Waals surface area (Å²) < 4.78 is 4.99. The third kappa shape index (κ3) is 4.93. The van der Waals surface area contributed by atoms with Gasteiger partial charge in [-0.3, -0.25) is 4.79 Å². The molecule has 5 nitrogen and oxygen atoms in total. The summed E-state index contributed by atoms with van der Waals surface area (Å²) >= 11 is 0. The summed E-state index contributed by atoms with van der Waals surface area (Å²) in [6.07, 6.45) is 1.83. The molecule has 0 aromatic rings. The Bertz CT molecular complexity index is 280. The molecule has 0 rings (SSSR count). The molecule has 5 heteroatoms. The fourth-order valence-corrected chi connectivity index (χ4v) is 1.20. The molecular weight excluding hydrogens is 210 g/mol. The predicted molar refractivity (Wildman–Crippen MR) is 55.8 cm³/mol. The minimum Gasteiger partial charge on any atom is -0.549 e. The largest absolute Gasteiger partial charge is 0.549 e. The number of ether oxygens (including phenoxy) is 1. The number of quaternary nitrogens is 1. The van der Waals surface area contributed by atoms with Crippen LogP contribution in [-0.2, 0) is 14.3 Å². The van der Waals surface area contributed by atoms with Gasteiger partial charge in [0.2, 0.25) is 0 Å². The van der Waals surface area contributed by atoms with Gasteiger partial charge in [-0.05, 0) is 20.8 Å². The molecule has 0 aliphatic heterocycles. The first kappa shape index (κ1) is 14.6. The Labute approximate surface area is 95.3 Å². The highest BCUT2D eigenvalue weighted by molar-refractivity contribution is 5.93. The van der Waals surface area contributed by atoms with Crippen molar-refractivity contribution in [1.82, 2.24) is 0 Å². The highest BCUT2D eigenvalue weighted by Gasteiger charge is 2.33. The molecule has 2 atom stereocenters. The summed E-state index contributed by atoms with van der Waals surface area (Å²) in [4.78, 5) is 22.5. The lowest BCUT2D eigenvalue weighted by Crippen LogP contribution is -2.68. The second-order valence-corrected chi connectivity index (χ2v) is 4.61. The topological polar surface area (TPSA) is 94.1 Å². The van der Waals surface area contributed by atoms with Crippen molar-refractivity contribution < 1.29 is 25.2 Å². The van der Waals surface area contributed by atoms with Gasteiger partial charge in [-0.15, -0.1) is 6.58 Å². The van der Waals surface area contributed by atoms with Crippen LogP contribution in [0.4, 0.5) is 0 Å². The standard InChI is InChI=1S/C11H19NO4/c1-5-6-7(12)8(9(13)14)10(15)16-11(2,3)4/h5,7-8H,1,6,12H2,2-4H3,(H,13,14)/t7-,8+/m0/s1. The Hall–Kier alpha value is -1.36. The van der Waals surface area contributed by atoms with Gasteiger partial charge in [0, 0.05) is 6.42 Å². The Morgan fingerprint density at radius 3 is 2.31 bits per heavy atom. The minimum absolute atomic E-state index is 0.317. The van der Waals surface area contributed by atoms with Gasteiger partial charge in [-0.2, -0.15) is 0 Å². The zero-order chi connectivity index (χ0) is 12.9. The molecule has 0 aliphatic rings. The van der Waals surface area contributed by atoms with Crippen molar-refractivity contribution in [2.45, 2.75) is 38.8 Å². The second-order valence-electron chi connectivity index (χ2n) is 4.61. The van der Waals surface area contributed by atoms with E-state index >= 15 is 0 Å². The number of carboxylic acids is 1. The maximum absolute atomic E-state index is 11.6. The first-order chi connectivity index (χ1) is 7.19. The minimum atomic E-state index is -1.46. The molecule has 0 aromatic heterocycles. The van der Waals surface area contributed by atoms with E-state index in [1.807, 2.05) is 0 Å². The summed E-state index contributed by atoms with van der Waals surface area (Å²) in [5.41, 5.74) is 2.88. The number of hydrogen-bond acceptors (Lipinski definition) is 4. The van der Waals surface area contributed by atoms with E-state index in [2.05, 4.69) is 12.3 Å². The summed E-state index contributed by atoms with van der Waals surface area (Å²) in [6, 6.07) is -0.627. The van der Waals surface area contributed by atoms with Crippen LogP contribution < -0.4 is 10.8 Å². The number of esters is 1. The van der Waals surface area contributed by atoms with Crippen molar-refractivity contribution in [2.75, 3.05) is 0 Å². The van der Waals surface area contributed by atoms with Crippen LogP contribution in [0.2, 0.25) is 0 Å². The van der Waals surface area contributed by atoms with Crippen LogP contribution in [0.25, 0.3) is 0 Å². The quantitative estimate of drug-likeness (QED) is 0.367. The van der Waals surface area contributed by atoms with Crippen LogP contribution in [-0.4, -0.2) is 23.6 Å². The van der Waals surface area contributed by atoms with Crippen molar-refractivity contribution in [3.8, 4) is 0 Å². The van der Waals surface area contributed by atoms with Crippen LogP contribution in [0.5, 0.6) is 0 Å². The summed E-state index contributed by atoms with van der Waals surface area (Å²) in [6.45, 7) is 8.48. The van der Waals surface area contributed by atoms with Gasteiger partial charge in [0.05, 0.1) is 5.97 Å². The molecular formula is C11H19NO4. The van der Waals surface area contributed by atoms with Gasteiger partial charge in [-0.1, -0.05) is 6.08 Å². The Morgan fingerprint density at radius 2 is 2.00 bits per heavy atom. The maximum Gasteiger partial charge on any atom is 0.321 e. The molecule has 0 unspecified atom stereocenters. The highest BCUT2D eigenvalue weighted by atomic mass is 16.6. The second kappa shape index (κ2) is 5.65. The van der Waals surface area contributed by atoms with Gasteiger partial charge >= 0.3 is 5.97 Å². The first-order valence-electron chi connectivity index (χ1n) is 5.06. The predicted octanol–water partition coefficient (Wildman–Crippen LogP) is -1.12. The third-order valence-corrected chi connectivity index (χ3v) is 1.86. The lowest BCUT2D eigenvalue weighted by atomic mass is 9.97. The Kier molecular flexibility index (Phi) is 5.17. The van der Waals surface area contributed by atoms with Crippen molar-refractivity contribution in [1.29, 1.82) is 0 Å². The fraction of sp³-hybridized carbons (Fsp3) is 0.636. The van der Waals surface area contributed by atoms with E-state index in [0.717, 1.165) is 0 Å². The lowest BCUT2D eigenvalue weighted by molar-refractivity contribution is -0.432. The fourth-order valence-electron chi connectivity index (χ4n) is 1.20. The average molecular weight is 229 g/mol. The van der Waals surface area contributed by atoms with E-state index < -0.39 is 29.5 Å². The van der Waals surface area contributed by atoms with E-state index in [9.17, 15) is 14.7 Å². The van der Waals surface area contributed by atoms with Crippen molar-refractivity contribution in [3.63, 3.8) is 0 Å². The Morgan fingerprint density at radius 1 is 1.50 bits per heavy atom. The zero-order valence-electron chi connectivity index (χ0n) is 9.99. The van der Waals surface area contributed by atoms with Gasteiger partial charge in [-0.25, -0.2) is 0 Å². The molecule has 0 heterocycles. The molecule has 0 aromatic carbocycles. The molecule has 0 fully saturated rings. The maximum atomic E-state index is 11.6. The van der Waals surface area contributed by atoms with E-state index in [1.165, 1.54) is 6.08 Å². The highest BCUT2D eigenvalue weighted by Crippen LogP contribution is 2.13. The van der Waals surface area contributed by atoms with E-state index in [-0.39, 0.29) is 0 Å². The summed E-state index contributed by atoms with van der Waals surface area (Å²) in [5, 5.41) is 10.9. The Balaban J connectivity index is 4.72. The summed E-state index contributed by atoms with van der Waals surface area (Å²) in [7, 11) is 0. The SMILES string of the molecule is C=CC[C@H]([NH3+])[C@H](C(=O)[O-])C(=O)OC(C)(C)C. The van der Waals surface area contributed by atoms with Crippen molar-refractivity contribution in [2.24, 2.45) is 5.92 Å². The van der Waals surface area contributed by atoms with E-state index in [0.29, 0.717) is 6.42 Å². The van der Waals surface area contributed by atoms with Crippen LogP contribution in [0.3, 0.4) is 0 Å². The van der Waals surface area contributed by atoms with Crippen LogP contribution in [0.1, 0.15) is 27.2 Å². The van der Waals surface area contributed by atoms with Crippen LogP contribution in [0, 0.1) is 5.92 Å². The third-order valence-electron chi connectivity index (χ3n) is 1.86. The van der Waals surface area contributed by atoms with Crippen LogP contribution in [0.15, 0.2) is 12.7 Å². The number of aliphatic carboxylic acids is 1. The van der Waals surface area contributed by atoms with Gasteiger partial charge in [0.1, 0.15) is 17.6 Å². The number of carboxylic acid groups (broad SMARTS) is 1. The molecule has 0 amide bonds. The molecule has 16 heavy (non-hydrogen) atoms. The number of carbonyl (C=O) groups is 2. The average Bonchev–Trinajstić information content (AvgIpc) is 1.99. The van der Waals surface area contributed by atoms with Gasteiger partial charge < -0.3 is 20.4 Å². The molecule has 0 aliphatic carbocycles. The monoisotopic (exact) mass is 229 g/mol. The molecule has 92 valence electrons. The van der Waals surface area contributed by atoms with Gasteiger partial charge in [0.25, 0.3) is 0 Å². The normalized spacial score (nSPS) is 15.0. The molecule has 0 bridgehead atoms.